The second-order valence-electron chi connectivity index (χ2n) is 9.90. The van der Waals surface area contributed by atoms with Gasteiger partial charge in [-0.05, 0) is 86.4 Å². The first-order chi connectivity index (χ1) is 19.3. The average Bonchev–Trinajstić information content (AvgIpc) is 2.90. The fourth-order valence-corrected chi connectivity index (χ4v) is 4.88. The number of allylic oxidation sites excluding steroid dienone is 1. The highest BCUT2D eigenvalue weighted by Gasteiger charge is 2.44. The van der Waals surface area contributed by atoms with Crippen LogP contribution in [0.2, 0.25) is 0 Å². The van der Waals surface area contributed by atoms with Gasteiger partial charge in [0.15, 0.2) is 17.5 Å². The van der Waals surface area contributed by atoms with Crippen molar-refractivity contribution in [2.24, 2.45) is 11.8 Å². The van der Waals surface area contributed by atoms with Crippen molar-refractivity contribution < 1.29 is 49.0 Å². The average molecular weight is 589 g/mol. The van der Waals surface area contributed by atoms with Gasteiger partial charge < -0.3 is 9.47 Å². The van der Waals surface area contributed by atoms with Gasteiger partial charge in [0.1, 0.15) is 28.7 Å². The van der Waals surface area contributed by atoms with E-state index in [1.165, 1.54) is 0 Å². The molecule has 0 bridgehead atoms. The molecule has 2 nitrogen and oxygen atoms in total. The van der Waals surface area contributed by atoms with E-state index in [1.54, 1.807) is 6.08 Å². The highest BCUT2D eigenvalue weighted by Crippen LogP contribution is 2.42. The Balaban J connectivity index is 1.44. The lowest BCUT2D eigenvalue weighted by Crippen LogP contribution is -2.37. The highest BCUT2D eigenvalue weighted by molar-refractivity contribution is 5.65. The minimum Gasteiger partial charge on any atom is -0.432 e. The maximum atomic E-state index is 14.8. The van der Waals surface area contributed by atoms with Gasteiger partial charge in [0.25, 0.3) is 0 Å². The van der Waals surface area contributed by atoms with Crippen molar-refractivity contribution in [1.82, 2.24) is 0 Å². The van der Waals surface area contributed by atoms with Crippen LogP contribution in [0.1, 0.15) is 44.1 Å². The summed E-state index contributed by atoms with van der Waals surface area (Å²) in [5.74, 6) is -10.0. The molecule has 0 atom stereocenters. The smallest absolute Gasteiger partial charge is 0.429 e. The topological polar surface area (TPSA) is 18.5 Å². The van der Waals surface area contributed by atoms with Gasteiger partial charge >= 0.3 is 12.2 Å². The summed E-state index contributed by atoms with van der Waals surface area (Å²) in [6.07, 6.45) is -3.06. The molecule has 0 aliphatic heterocycles. The van der Waals surface area contributed by atoms with Crippen molar-refractivity contribution in [3.63, 3.8) is 0 Å². The van der Waals surface area contributed by atoms with Crippen LogP contribution in [0.4, 0.5) is 39.5 Å². The van der Waals surface area contributed by atoms with Gasteiger partial charge in [0.05, 0.1) is 5.92 Å². The molecule has 0 radical (unpaired) electrons. The molecule has 0 amide bonds. The summed E-state index contributed by atoms with van der Waals surface area (Å²) in [4.78, 5) is 0. The van der Waals surface area contributed by atoms with E-state index in [1.807, 2.05) is 0 Å². The summed E-state index contributed by atoms with van der Waals surface area (Å²) in [6, 6.07) is 4.83. The summed E-state index contributed by atoms with van der Waals surface area (Å²) < 4.78 is 138. The van der Waals surface area contributed by atoms with Gasteiger partial charge in [-0.2, -0.15) is 17.6 Å². The summed E-state index contributed by atoms with van der Waals surface area (Å²) in [5, 5.41) is 0. The minimum atomic E-state index is -4.38. The van der Waals surface area contributed by atoms with Crippen LogP contribution in [0.5, 0.6) is 11.5 Å². The van der Waals surface area contributed by atoms with Gasteiger partial charge in [-0.25, -0.2) is 22.0 Å². The molecular formula is C30H25F9O2. The Morgan fingerprint density at radius 1 is 0.732 bits per heavy atom. The number of ether oxygens (including phenoxy) is 2. The van der Waals surface area contributed by atoms with Crippen molar-refractivity contribution in [1.29, 1.82) is 0 Å². The van der Waals surface area contributed by atoms with Crippen molar-refractivity contribution in [2.45, 2.75) is 50.7 Å². The van der Waals surface area contributed by atoms with Crippen molar-refractivity contribution >= 4 is 0 Å². The van der Waals surface area contributed by atoms with Crippen LogP contribution in [0.3, 0.4) is 0 Å². The van der Waals surface area contributed by atoms with Gasteiger partial charge in [-0.1, -0.05) is 6.08 Å². The largest absolute Gasteiger partial charge is 0.432 e. The zero-order chi connectivity index (χ0) is 29.9. The second kappa shape index (κ2) is 12.1. The van der Waals surface area contributed by atoms with E-state index < -0.39 is 75.4 Å². The Morgan fingerprint density at radius 3 is 1.90 bits per heavy atom. The number of hydrogen-bond donors (Lipinski definition) is 0. The maximum absolute atomic E-state index is 14.8. The Kier molecular flexibility index (Phi) is 8.94. The minimum absolute atomic E-state index is 0.196. The van der Waals surface area contributed by atoms with E-state index in [-0.39, 0.29) is 12.8 Å². The molecule has 1 aliphatic carbocycles. The summed E-state index contributed by atoms with van der Waals surface area (Å²) >= 11 is 0. The molecular weight excluding hydrogens is 563 g/mol. The molecule has 0 unspecified atom stereocenters. The number of benzene rings is 3. The zero-order valence-electron chi connectivity index (χ0n) is 21.5. The first-order valence-corrected chi connectivity index (χ1v) is 12.8. The lowest BCUT2D eigenvalue weighted by molar-refractivity contribution is -0.223. The normalized spacial score (nSPS) is 17.8. The van der Waals surface area contributed by atoms with Crippen molar-refractivity contribution in [3.8, 4) is 22.6 Å². The molecule has 3 aromatic carbocycles. The SMILES string of the molecule is C=CCCC1CCC(C(F)(F)Oc2ccc(C(F)(F)Oc3ccc(-c4cc(F)c(F)c(F)c4)c(F)c3)c(F)c2)CC1. The fraction of sp³-hybridized carbons (Fsp3) is 0.333. The number of halogens is 9. The molecule has 0 saturated heterocycles. The van der Waals surface area contributed by atoms with Gasteiger partial charge in [-0.15, -0.1) is 6.58 Å². The van der Waals surface area contributed by atoms with Crippen LogP contribution in [-0.4, -0.2) is 6.11 Å². The molecule has 1 saturated carbocycles. The quantitative estimate of drug-likeness (QED) is 0.133. The zero-order valence-corrected chi connectivity index (χ0v) is 21.5. The Bertz CT molecular complexity index is 1380. The maximum Gasteiger partial charge on any atom is 0.429 e. The molecule has 0 N–H and O–H groups in total. The predicted molar refractivity (Wildman–Crippen MR) is 133 cm³/mol. The molecule has 0 spiro atoms. The fourth-order valence-electron chi connectivity index (χ4n) is 4.88. The Labute approximate surface area is 230 Å². The van der Waals surface area contributed by atoms with Gasteiger partial charge in [0, 0.05) is 17.7 Å². The van der Waals surface area contributed by atoms with E-state index >= 15 is 0 Å². The van der Waals surface area contributed by atoms with Crippen molar-refractivity contribution in [3.05, 3.63) is 95.8 Å². The first-order valence-electron chi connectivity index (χ1n) is 12.8. The lowest BCUT2D eigenvalue weighted by Gasteiger charge is -2.33. The molecule has 3 aromatic rings. The first kappa shape index (κ1) is 30.3. The van der Waals surface area contributed by atoms with Crippen LogP contribution in [0, 0.1) is 40.9 Å². The van der Waals surface area contributed by atoms with Crippen LogP contribution < -0.4 is 9.47 Å². The summed E-state index contributed by atoms with van der Waals surface area (Å²) in [6.45, 7) is 3.65. The predicted octanol–water partition coefficient (Wildman–Crippen LogP) is 9.92. The van der Waals surface area contributed by atoms with E-state index in [0.29, 0.717) is 49.1 Å². The van der Waals surface area contributed by atoms with E-state index in [2.05, 4.69) is 11.3 Å². The Hall–Kier alpha value is -3.63. The molecule has 1 fully saturated rings. The molecule has 1 aliphatic rings. The number of rotatable bonds is 10. The summed E-state index contributed by atoms with van der Waals surface area (Å²) in [7, 11) is 0. The third kappa shape index (κ3) is 7.00. The van der Waals surface area contributed by atoms with Crippen LogP contribution in [0.15, 0.2) is 61.2 Å². The number of alkyl halides is 4. The van der Waals surface area contributed by atoms with E-state index in [9.17, 15) is 39.5 Å². The van der Waals surface area contributed by atoms with Gasteiger partial charge in [0.2, 0.25) is 0 Å². The highest BCUT2D eigenvalue weighted by atomic mass is 19.3. The van der Waals surface area contributed by atoms with Gasteiger partial charge in [-0.3, -0.25) is 0 Å². The Morgan fingerprint density at radius 2 is 1.32 bits per heavy atom. The lowest BCUT2D eigenvalue weighted by atomic mass is 9.79. The van der Waals surface area contributed by atoms with Crippen molar-refractivity contribution in [2.75, 3.05) is 0 Å². The molecule has 11 heteroatoms. The van der Waals surface area contributed by atoms with Crippen LogP contribution in [-0.2, 0) is 6.11 Å². The number of hydrogen-bond acceptors (Lipinski definition) is 2. The third-order valence-electron chi connectivity index (χ3n) is 7.09. The van der Waals surface area contributed by atoms with E-state index in [0.717, 1.165) is 31.0 Å². The van der Waals surface area contributed by atoms with Crippen LogP contribution >= 0.6 is 0 Å². The standard InChI is InChI=1S/C30H25F9O2/c1-2-3-4-17-5-7-19(8-6-17)29(36,37)40-21-10-12-23(25(32)16-21)30(38,39)41-20-9-11-22(24(31)15-20)18-13-26(33)28(35)27(34)14-18/h2,9-17,19H,1,3-8H2. The molecule has 0 aromatic heterocycles. The molecule has 41 heavy (non-hydrogen) atoms. The third-order valence-corrected chi connectivity index (χ3v) is 7.09. The second-order valence-corrected chi connectivity index (χ2v) is 9.90. The molecule has 220 valence electrons. The van der Waals surface area contributed by atoms with E-state index in [4.69, 9.17) is 4.74 Å². The monoisotopic (exact) mass is 588 g/mol. The molecule has 4 rings (SSSR count). The molecule has 0 heterocycles. The van der Waals surface area contributed by atoms with Crippen LogP contribution in [0.25, 0.3) is 11.1 Å². The summed E-state index contributed by atoms with van der Waals surface area (Å²) in [5.41, 5.74) is -2.18.